The molecular weight excluding hydrogens is 412 g/mol. The Labute approximate surface area is 172 Å². The van der Waals surface area contributed by atoms with E-state index >= 15 is 0 Å². The van der Waals surface area contributed by atoms with E-state index in [0.29, 0.717) is 28.3 Å². The lowest BCUT2D eigenvalue weighted by molar-refractivity contribution is -0.115. The van der Waals surface area contributed by atoms with Gasteiger partial charge >= 0.3 is 0 Å². The van der Waals surface area contributed by atoms with Crippen molar-refractivity contribution in [2.75, 3.05) is 5.32 Å². The topological polar surface area (TPSA) is 124 Å². The highest BCUT2D eigenvalue weighted by atomic mass is 32.2. The van der Waals surface area contributed by atoms with Gasteiger partial charge < -0.3 is 5.32 Å². The molecule has 0 aliphatic heterocycles. The summed E-state index contributed by atoms with van der Waals surface area (Å²) in [6.07, 6.45) is 0. The number of nitrogens with zero attached hydrogens (tertiary/aromatic N) is 2. The minimum atomic E-state index is -3.79. The number of hydrogen-bond acceptors (Lipinski definition) is 6. The molecule has 1 amide bonds. The lowest BCUT2D eigenvalue weighted by atomic mass is 10.2. The summed E-state index contributed by atoms with van der Waals surface area (Å²) in [4.78, 5) is 29.7. The van der Waals surface area contributed by atoms with Gasteiger partial charge in [0.05, 0.1) is 21.0 Å². The van der Waals surface area contributed by atoms with Gasteiger partial charge in [0.25, 0.3) is 5.56 Å². The van der Waals surface area contributed by atoms with Crippen molar-refractivity contribution in [2.45, 2.75) is 35.7 Å². The monoisotopic (exact) mass is 432 g/mol. The zero-order valence-corrected chi connectivity index (χ0v) is 17.5. The van der Waals surface area contributed by atoms with Gasteiger partial charge in [-0.05, 0) is 50.2 Å². The van der Waals surface area contributed by atoms with E-state index in [9.17, 15) is 18.0 Å². The first-order valence-electron chi connectivity index (χ1n) is 8.80. The van der Waals surface area contributed by atoms with Crippen LogP contribution in [0.4, 0.5) is 5.69 Å². The summed E-state index contributed by atoms with van der Waals surface area (Å²) in [5.74, 6) is -0.302. The van der Waals surface area contributed by atoms with Gasteiger partial charge in [-0.2, -0.15) is 0 Å². The molecule has 152 valence electrons. The number of rotatable bonds is 6. The van der Waals surface area contributed by atoms with Crippen LogP contribution in [0.25, 0.3) is 10.9 Å². The zero-order valence-electron chi connectivity index (χ0n) is 15.8. The molecule has 29 heavy (non-hydrogen) atoms. The number of hydrogen-bond donors (Lipinski definition) is 2. The molecule has 0 spiro atoms. The lowest BCUT2D eigenvalue weighted by Gasteiger charge is -2.15. The quantitative estimate of drug-likeness (QED) is 0.454. The molecule has 3 aromatic rings. The number of aromatic nitrogens is 2. The molecule has 0 aliphatic carbocycles. The van der Waals surface area contributed by atoms with Crippen LogP contribution in [0.2, 0.25) is 0 Å². The molecule has 1 heterocycles. The van der Waals surface area contributed by atoms with Crippen molar-refractivity contribution in [2.24, 2.45) is 5.14 Å². The third kappa shape index (κ3) is 4.66. The van der Waals surface area contributed by atoms with Crippen molar-refractivity contribution >= 4 is 44.3 Å². The average molecular weight is 433 g/mol. The lowest BCUT2D eigenvalue weighted by Crippen LogP contribution is -2.26. The van der Waals surface area contributed by atoms with Crippen LogP contribution in [0, 0.1) is 0 Å². The van der Waals surface area contributed by atoms with Crippen LogP contribution in [0.15, 0.2) is 63.4 Å². The van der Waals surface area contributed by atoms with Crippen LogP contribution in [0.5, 0.6) is 0 Å². The highest BCUT2D eigenvalue weighted by Crippen LogP contribution is 2.24. The predicted octanol–water partition coefficient (Wildman–Crippen LogP) is 2.18. The van der Waals surface area contributed by atoms with E-state index < -0.39 is 15.3 Å². The maximum absolute atomic E-state index is 12.7. The molecule has 1 aromatic heterocycles. The Morgan fingerprint density at radius 3 is 2.48 bits per heavy atom. The summed E-state index contributed by atoms with van der Waals surface area (Å²) in [5, 5.41) is 8.24. The molecule has 3 rings (SSSR count). The second kappa shape index (κ2) is 8.36. The van der Waals surface area contributed by atoms with Gasteiger partial charge in [0.2, 0.25) is 15.9 Å². The summed E-state index contributed by atoms with van der Waals surface area (Å²) in [6, 6.07) is 12.7. The van der Waals surface area contributed by atoms with Crippen molar-refractivity contribution in [1.29, 1.82) is 0 Å². The first kappa shape index (κ1) is 21.0. The largest absolute Gasteiger partial charge is 0.325 e. The Balaban J connectivity index is 1.80. The van der Waals surface area contributed by atoms with Gasteiger partial charge in [-0.3, -0.25) is 14.2 Å². The van der Waals surface area contributed by atoms with Crippen molar-refractivity contribution in [3.05, 3.63) is 58.9 Å². The minimum Gasteiger partial charge on any atom is -0.325 e. The summed E-state index contributed by atoms with van der Waals surface area (Å²) >= 11 is 1.18. The number of carbonyl (C=O) groups is 1. The molecule has 10 heteroatoms. The summed E-state index contributed by atoms with van der Waals surface area (Å²) in [5.41, 5.74) is 0.872. The molecule has 1 unspecified atom stereocenters. The molecule has 3 N–H and O–H groups in total. The normalized spacial score (nSPS) is 12.7. The number of anilines is 1. The average Bonchev–Trinajstić information content (AvgIpc) is 2.68. The van der Waals surface area contributed by atoms with Crippen molar-refractivity contribution < 1.29 is 13.2 Å². The maximum Gasteiger partial charge on any atom is 0.262 e. The number of nitrogens with one attached hydrogen (secondary N) is 1. The van der Waals surface area contributed by atoms with E-state index in [2.05, 4.69) is 10.3 Å². The number of benzene rings is 2. The van der Waals surface area contributed by atoms with Crippen LogP contribution in [0.1, 0.15) is 13.8 Å². The third-order valence-corrected chi connectivity index (χ3v) is 6.26. The summed E-state index contributed by atoms with van der Waals surface area (Å²) in [6.45, 7) is 3.99. The van der Waals surface area contributed by atoms with Gasteiger partial charge in [0.1, 0.15) is 0 Å². The van der Waals surface area contributed by atoms with Gasteiger partial charge in [0.15, 0.2) is 5.16 Å². The fraction of sp³-hybridized carbons (Fsp3) is 0.211. The zero-order chi connectivity index (χ0) is 21.2. The fourth-order valence-corrected chi connectivity index (χ4v) is 4.19. The number of fused-ring (bicyclic) bond motifs is 1. The maximum atomic E-state index is 12.7. The summed E-state index contributed by atoms with van der Waals surface area (Å²) in [7, 11) is -3.79. The number of primary sulfonamides is 1. The second-order valence-electron chi connectivity index (χ2n) is 6.28. The molecule has 0 bridgehead atoms. The number of nitrogens with two attached hydrogens (primary N) is 1. The number of carbonyl (C=O) groups excluding carboxylic acids is 1. The Morgan fingerprint density at radius 2 is 1.86 bits per heavy atom. The minimum absolute atomic E-state index is 0.0368. The number of amides is 1. The molecule has 1 atom stereocenters. The molecule has 0 saturated carbocycles. The van der Waals surface area contributed by atoms with E-state index in [1.54, 1.807) is 31.2 Å². The molecule has 2 aromatic carbocycles. The highest BCUT2D eigenvalue weighted by Gasteiger charge is 2.19. The van der Waals surface area contributed by atoms with Crippen molar-refractivity contribution in [3.63, 3.8) is 0 Å². The SMILES string of the molecule is CCn1c(SC(C)C(=O)Nc2ccc(S(N)(=O)=O)cc2)nc2ccccc2c1=O. The van der Waals surface area contributed by atoms with Crippen LogP contribution in [-0.4, -0.2) is 29.1 Å². The molecule has 0 radical (unpaired) electrons. The van der Waals surface area contributed by atoms with E-state index in [0.717, 1.165) is 0 Å². The first-order chi connectivity index (χ1) is 13.7. The van der Waals surface area contributed by atoms with Crippen LogP contribution in [-0.2, 0) is 21.4 Å². The van der Waals surface area contributed by atoms with Crippen LogP contribution in [0.3, 0.4) is 0 Å². The predicted molar refractivity (Wildman–Crippen MR) is 113 cm³/mol. The van der Waals surface area contributed by atoms with Gasteiger partial charge in [-0.25, -0.2) is 18.5 Å². The summed E-state index contributed by atoms with van der Waals surface area (Å²) < 4.78 is 24.2. The van der Waals surface area contributed by atoms with Crippen LogP contribution >= 0.6 is 11.8 Å². The smallest absolute Gasteiger partial charge is 0.262 e. The Hall–Kier alpha value is -2.69. The van der Waals surface area contributed by atoms with E-state index in [4.69, 9.17) is 5.14 Å². The fourth-order valence-electron chi connectivity index (χ4n) is 2.70. The van der Waals surface area contributed by atoms with E-state index in [1.165, 1.54) is 40.6 Å². The van der Waals surface area contributed by atoms with Gasteiger partial charge in [-0.15, -0.1) is 0 Å². The standard InChI is InChI=1S/C19H20N4O4S2/c1-3-23-18(25)15-6-4-5-7-16(15)22-19(23)28-12(2)17(24)21-13-8-10-14(11-9-13)29(20,26)27/h4-12H,3H2,1-2H3,(H,21,24)(H2,20,26,27). The molecule has 0 aliphatic rings. The molecule has 8 nitrogen and oxygen atoms in total. The van der Waals surface area contributed by atoms with Gasteiger partial charge in [0, 0.05) is 12.2 Å². The molecule has 0 fully saturated rings. The van der Waals surface area contributed by atoms with Crippen molar-refractivity contribution in [3.8, 4) is 0 Å². The Bertz CT molecular complexity index is 1220. The number of sulfonamides is 1. The number of thioether (sulfide) groups is 1. The Morgan fingerprint density at radius 1 is 1.21 bits per heavy atom. The van der Waals surface area contributed by atoms with Gasteiger partial charge in [-0.1, -0.05) is 23.9 Å². The second-order valence-corrected chi connectivity index (χ2v) is 9.15. The highest BCUT2D eigenvalue weighted by molar-refractivity contribution is 8.00. The van der Waals surface area contributed by atoms with E-state index in [-0.39, 0.29) is 16.4 Å². The first-order valence-corrected chi connectivity index (χ1v) is 11.2. The van der Waals surface area contributed by atoms with Crippen LogP contribution < -0.4 is 16.0 Å². The number of para-hydroxylation sites is 1. The molecular formula is C19H20N4O4S2. The van der Waals surface area contributed by atoms with E-state index in [1.807, 2.05) is 6.92 Å². The molecule has 0 saturated heterocycles. The Kier molecular flexibility index (Phi) is 6.06. The van der Waals surface area contributed by atoms with Crippen molar-refractivity contribution in [1.82, 2.24) is 9.55 Å². The third-order valence-electron chi connectivity index (χ3n) is 4.24.